The lowest BCUT2D eigenvalue weighted by Gasteiger charge is -2.13. The highest BCUT2D eigenvalue weighted by atomic mass is 32.2. The lowest BCUT2D eigenvalue weighted by atomic mass is 10.2. The van der Waals surface area contributed by atoms with E-state index in [1.165, 1.54) is 16.3 Å². The van der Waals surface area contributed by atoms with Crippen molar-refractivity contribution in [3.8, 4) is 0 Å². The first-order valence-corrected chi connectivity index (χ1v) is 10.3. The highest BCUT2D eigenvalue weighted by molar-refractivity contribution is 8.00. The highest BCUT2D eigenvalue weighted by Gasteiger charge is 2.24. The first-order chi connectivity index (χ1) is 14.5. The van der Waals surface area contributed by atoms with Crippen molar-refractivity contribution in [2.24, 2.45) is 0 Å². The Morgan fingerprint density at radius 2 is 2.17 bits per heavy atom. The van der Waals surface area contributed by atoms with Crippen LogP contribution in [0, 0.1) is 6.92 Å². The molecule has 1 unspecified atom stereocenters. The SMILES string of the molecule is C=CCn1c(=O)c2ccccc2n2c(SC(CC)C(=O)Nc3cc(C)on3)nnc12. The van der Waals surface area contributed by atoms with E-state index in [0.717, 1.165) is 0 Å². The van der Waals surface area contributed by atoms with Gasteiger partial charge in [-0.25, -0.2) is 0 Å². The summed E-state index contributed by atoms with van der Waals surface area (Å²) in [5.74, 6) is 1.17. The van der Waals surface area contributed by atoms with Crippen LogP contribution >= 0.6 is 11.8 Å². The van der Waals surface area contributed by atoms with Gasteiger partial charge in [-0.15, -0.1) is 16.8 Å². The minimum Gasteiger partial charge on any atom is -0.360 e. The molecule has 9 nitrogen and oxygen atoms in total. The third-order valence-corrected chi connectivity index (χ3v) is 5.89. The number of aromatic nitrogens is 5. The molecule has 3 aromatic heterocycles. The largest absolute Gasteiger partial charge is 0.360 e. The predicted octanol–water partition coefficient (Wildman–Crippen LogP) is 3.04. The molecule has 4 aromatic rings. The molecule has 154 valence electrons. The first-order valence-electron chi connectivity index (χ1n) is 9.42. The number of anilines is 1. The lowest BCUT2D eigenvalue weighted by molar-refractivity contribution is -0.115. The number of fused-ring (bicyclic) bond motifs is 3. The fourth-order valence-corrected chi connectivity index (χ4v) is 4.15. The first kappa shape index (κ1) is 19.9. The van der Waals surface area contributed by atoms with Gasteiger partial charge < -0.3 is 9.84 Å². The van der Waals surface area contributed by atoms with E-state index in [4.69, 9.17) is 4.52 Å². The van der Waals surface area contributed by atoms with Crippen molar-refractivity contribution in [1.82, 2.24) is 24.3 Å². The van der Waals surface area contributed by atoms with E-state index >= 15 is 0 Å². The molecule has 4 rings (SSSR count). The second-order valence-electron chi connectivity index (χ2n) is 6.67. The Bertz CT molecular complexity index is 1310. The van der Waals surface area contributed by atoms with Gasteiger partial charge in [0.25, 0.3) is 5.56 Å². The topological polar surface area (TPSA) is 107 Å². The van der Waals surface area contributed by atoms with Crippen LogP contribution in [0.4, 0.5) is 5.82 Å². The number of rotatable bonds is 7. The number of aryl methyl sites for hydroxylation is 1. The Balaban J connectivity index is 1.76. The molecule has 0 radical (unpaired) electrons. The third-order valence-electron chi connectivity index (χ3n) is 4.58. The predicted molar refractivity (Wildman–Crippen MR) is 115 cm³/mol. The smallest absolute Gasteiger partial charge is 0.263 e. The molecule has 10 heteroatoms. The maximum Gasteiger partial charge on any atom is 0.263 e. The van der Waals surface area contributed by atoms with Crippen molar-refractivity contribution < 1.29 is 9.32 Å². The van der Waals surface area contributed by atoms with Crippen LogP contribution < -0.4 is 10.9 Å². The van der Waals surface area contributed by atoms with Crippen LogP contribution in [0.15, 0.2) is 57.5 Å². The Kier molecular flexibility index (Phi) is 5.40. The molecule has 0 aliphatic rings. The van der Waals surface area contributed by atoms with E-state index in [1.807, 2.05) is 25.1 Å². The van der Waals surface area contributed by atoms with Crippen LogP contribution in [-0.2, 0) is 11.3 Å². The number of thioether (sulfide) groups is 1. The van der Waals surface area contributed by atoms with Crippen LogP contribution in [0.3, 0.4) is 0 Å². The molecular weight excluding hydrogens is 404 g/mol. The molecule has 30 heavy (non-hydrogen) atoms. The fraction of sp³-hybridized carbons (Fsp3) is 0.250. The summed E-state index contributed by atoms with van der Waals surface area (Å²) in [6.07, 6.45) is 2.20. The summed E-state index contributed by atoms with van der Waals surface area (Å²) in [7, 11) is 0. The second kappa shape index (κ2) is 8.15. The monoisotopic (exact) mass is 424 g/mol. The molecule has 0 aliphatic heterocycles. The number of hydrogen-bond donors (Lipinski definition) is 1. The zero-order chi connectivity index (χ0) is 21.3. The van der Waals surface area contributed by atoms with Gasteiger partial charge in [0.05, 0.1) is 16.2 Å². The van der Waals surface area contributed by atoms with Crippen molar-refractivity contribution in [2.45, 2.75) is 37.2 Å². The van der Waals surface area contributed by atoms with Gasteiger partial charge in [-0.05, 0) is 25.5 Å². The molecule has 0 bridgehead atoms. The van der Waals surface area contributed by atoms with Crippen molar-refractivity contribution in [3.05, 3.63) is 59.1 Å². The fourth-order valence-electron chi connectivity index (χ4n) is 3.19. The van der Waals surface area contributed by atoms with Crippen molar-refractivity contribution >= 4 is 40.2 Å². The Morgan fingerprint density at radius 3 is 2.87 bits per heavy atom. The average molecular weight is 424 g/mol. The standard InChI is InChI=1S/C20H20N6O3S/c1-4-10-25-18(28)13-8-6-7-9-14(13)26-19(25)22-23-20(26)30-15(5-2)17(27)21-16-11-12(3)29-24-16/h4,6-9,11,15H,1,5,10H2,2-3H3,(H,21,24,27). The van der Waals surface area contributed by atoms with Gasteiger partial charge in [0.1, 0.15) is 5.76 Å². The number of nitrogens with zero attached hydrogens (tertiary/aromatic N) is 5. The van der Waals surface area contributed by atoms with Crippen molar-refractivity contribution in [2.75, 3.05) is 5.32 Å². The van der Waals surface area contributed by atoms with Gasteiger partial charge in [0.2, 0.25) is 11.7 Å². The number of hydrogen-bond acceptors (Lipinski definition) is 7. The van der Waals surface area contributed by atoms with E-state index in [2.05, 4.69) is 27.2 Å². The zero-order valence-electron chi connectivity index (χ0n) is 16.5. The second-order valence-corrected chi connectivity index (χ2v) is 7.84. The molecule has 0 aliphatic carbocycles. The zero-order valence-corrected chi connectivity index (χ0v) is 17.3. The molecule has 0 saturated heterocycles. The summed E-state index contributed by atoms with van der Waals surface area (Å²) in [5.41, 5.74) is 0.529. The summed E-state index contributed by atoms with van der Waals surface area (Å²) >= 11 is 1.28. The van der Waals surface area contributed by atoms with Crippen LogP contribution in [0.5, 0.6) is 0 Å². The van der Waals surface area contributed by atoms with E-state index < -0.39 is 5.25 Å². The van der Waals surface area contributed by atoms with Crippen molar-refractivity contribution in [3.63, 3.8) is 0 Å². The summed E-state index contributed by atoms with van der Waals surface area (Å²) in [4.78, 5) is 25.6. The number of amides is 1. The number of allylic oxidation sites excluding steroid dienone is 1. The Morgan fingerprint density at radius 1 is 1.37 bits per heavy atom. The quantitative estimate of drug-likeness (QED) is 0.359. The molecule has 1 aromatic carbocycles. The maximum atomic E-state index is 12.9. The van der Waals surface area contributed by atoms with Crippen LogP contribution in [-0.4, -0.2) is 35.5 Å². The molecule has 1 atom stereocenters. The third kappa shape index (κ3) is 3.50. The van der Waals surface area contributed by atoms with Crippen LogP contribution in [0.25, 0.3) is 16.7 Å². The molecule has 3 heterocycles. The minimum atomic E-state index is -0.437. The number of para-hydroxylation sites is 1. The molecular formula is C20H20N6O3S. The van der Waals surface area contributed by atoms with E-state index in [0.29, 0.717) is 46.4 Å². The van der Waals surface area contributed by atoms with Crippen LogP contribution in [0.2, 0.25) is 0 Å². The van der Waals surface area contributed by atoms with Gasteiger partial charge in [0.15, 0.2) is 11.0 Å². The van der Waals surface area contributed by atoms with Gasteiger partial charge in [-0.1, -0.05) is 42.1 Å². The Hall–Kier alpha value is -3.40. The number of carbonyl (C=O) groups excluding carboxylic acids is 1. The molecule has 0 spiro atoms. The summed E-state index contributed by atoms with van der Waals surface area (Å²) in [5, 5.41) is 15.7. The summed E-state index contributed by atoms with van der Waals surface area (Å²) in [6.45, 7) is 7.70. The number of benzene rings is 1. The van der Waals surface area contributed by atoms with Gasteiger partial charge in [0, 0.05) is 12.6 Å². The van der Waals surface area contributed by atoms with Gasteiger partial charge in [-0.3, -0.25) is 18.6 Å². The van der Waals surface area contributed by atoms with Gasteiger partial charge >= 0.3 is 0 Å². The highest BCUT2D eigenvalue weighted by Crippen LogP contribution is 2.27. The molecule has 0 saturated carbocycles. The molecule has 1 amide bonds. The van der Waals surface area contributed by atoms with E-state index in [-0.39, 0.29) is 11.5 Å². The molecule has 1 N–H and O–H groups in total. The average Bonchev–Trinajstić information content (AvgIpc) is 3.35. The number of nitrogens with one attached hydrogen (secondary N) is 1. The molecule has 0 fully saturated rings. The number of carbonyl (C=O) groups is 1. The lowest BCUT2D eigenvalue weighted by Crippen LogP contribution is -2.25. The normalized spacial score (nSPS) is 12.3. The van der Waals surface area contributed by atoms with Crippen molar-refractivity contribution in [1.29, 1.82) is 0 Å². The Labute approximate surface area is 175 Å². The summed E-state index contributed by atoms with van der Waals surface area (Å²) in [6, 6.07) is 8.93. The van der Waals surface area contributed by atoms with Crippen LogP contribution in [0.1, 0.15) is 19.1 Å². The minimum absolute atomic E-state index is 0.159. The van der Waals surface area contributed by atoms with E-state index in [1.54, 1.807) is 29.5 Å². The van der Waals surface area contributed by atoms with Gasteiger partial charge in [-0.2, -0.15) is 0 Å². The maximum absolute atomic E-state index is 12.9. The van der Waals surface area contributed by atoms with E-state index in [9.17, 15) is 9.59 Å². The summed E-state index contributed by atoms with van der Waals surface area (Å²) < 4.78 is 8.33.